The van der Waals surface area contributed by atoms with Crippen molar-refractivity contribution in [2.24, 2.45) is 0 Å². The van der Waals surface area contributed by atoms with Gasteiger partial charge in [0.25, 0.3) is 5.91 Å². The van der Waals surface area contributed by atoms with Gasteiger partial charge < -0.3 is 10.4 Å². The molecule has 104 valence electrons. The predicted octanol–water partition coefficient (Wildman–Crippen LogP) is 2.35. The average Bonchev–Trinajstić information content (AvgIpc) is 2.85. The van der Waals surface area contributed by atoms with E-state index in [1.54, 1.807) is 17.8 Å². The third kappa shape index (κ3) is 5.68. The molecule has 0 radical (unpaired) electrons. The fraction of sp³-hybridized carbons (Fsp3) is 0.500. The van der Waals surface area contributed by atoms with Crippen molar-refractivity contribution >= 4 is 29.0 Å². The van der Waals surface area contributed by atoms with Gasteiger partial charge in [-0.15, -0.1) is 11.3 Å². The van der Waals surface area contributed by atoms with Crippen molar-refractivity contribution in [1.29, 1.82) is 0 Å². The summed E-state index contributed by atoms with van der Waals surface area (Å²) in [5, 5.41) is 13.4. The highest BCUT2D eigenvalue weighted by molar-refractivity contribution is 7.99. The van der Waals surface area contributed by atoms with E-state index >= 15 is 0 Å². The molecule has 0 aliphatic rings. The van der Waals surface area contributed by atoms with Crippen LogP contribution in [0.15, 0.2) is 11.4 Å². The zero-order valence-electron chi connectivity index (χ0n) is 11.4. The molecule has 0 saturated heterocycles. The minimum absolute atomic E-state index is 0.0371. The summed E-state index contributed by atoms with van der Waals surface area (Å²) in [4.78, 5) is 12.8. The number of nitrogens with one attached hydrogen (secondary N) is 1. The third-order valence-electron chi connectivity index (χ3n) is 2.54. The number of aliphatic hydroxyl groups is 1. The Kier molecular flexibility index (Phi) is 6.43. The number of carbonyl (C=O) groups is 1. The van der Waals surface area contributed by atoms with Crippen molar-refractivity contribution < 1.29 is 9.90 Å². The monoisotopic (exact) mass is 297 g/mol. The van der Waals surface area contributed by atoms with Crippen LogP contribution in [0, 0.1) is 11.8 Å². The van der Waals surface area contributed by atoms with E-state index in [1.807, 2.05) is 11.6 Å². The Labute approximate surface area is 122 Å². The molecule has 0 spiro atoms. The number of hydrogen-bond acceptors (Lipinski definition) is 4. The molecule has 5 heteroatoms. The van der Waals surface area contributed by atoms with E-state index in [0.29, 0.717) is 18.5 Å². The second kappa shape index (κ2) is 7.59. The maximum absolute atomic E-state index is 11.9. The van der Waals surface area contributed by atoms with E-state index < -0.39 is 0 Å². The Morgan fingerprint density at radius 1 is 1.58 bits per heavy atom. The number of amides is 1. The molecule has 1 heterocycles. The van der Waals surface area contributed by atoms with Crippen LogP contribution in [0.3, 0.4) is 0 Å². The molecule has 3 nitrogen and oxygen atoms in total. The Bertz CT molecular complexity index is 483. The average molecular weight is 297 g/mol. The molecule has 1 aromatic heterocycles. The molecule has 0 fully saturated rings. The molecular formula is C14H19NO2S2. The third-order valence-corrected chi connectivity index (χ3v) is 4.63. The van der Waals surface area contributed by atoms with Crippen LogP contribution in [0.1, 0.15) is 35.5 Å². The molecule has 0 unspecified atom stereocenters. The summed E-state index contributed by atoms with van der Waals surface area (Å²) < 4.78 is 0.0371. The van der Waals surface area contributed by atoms with E-state index in [-0.39, 0.29) is 17.3 Å². The van der Waals surface area contributed by atoms with Crippen LogP contribution < -0.4 is 5.32 Å². The molecule has 0 aliphatic carbocycles. The van der Waals surface area contributed by atoms with Crippen LogP contribution in [0.25, 0.3) is 0 Å². The number of thiophene rings is 1. The number of thioether (sulfide) groups is 1. The lowest BCUT2D eigenvalue weighted by atomic mass is 10.2. The molecule has 0 aliphatic heterocycles. The molecule has 2 N–H and O–H groups in total. The number of hydrogen-bond donors (Lipinski definition) is 2. The molecular weight excluding hydrogens is 278 g/mol. The first-order chi connectivity index (χ1) is 8.98. The van der Waals surface area contributed by atoms with Crippen molar-refractivity contribution in [1.82, 2.24) is 5.32 Å². The molecule has 0 aromatic carbocycles. The van der Waals surface area contributed by atoms with Crippen LogP contribution in [0.2, 0.25) is 0 Å². The zero-order valence-corrected chi connectivity index (χ0v) is 13.1. The first-order valence-electron chi connectivity index (χ1n) is 6.00. The fourth-order valence-corrected chi connectivity index (χ4v) is 2.17. The van der Waals surface area contributed by atoms with Crippen LogP contribution in [-0.2, 0) is 0 Å². The first-order valence-corrected chi connectivity index (χ1v) is 8.10. The Morgan fingerprint density at radius 2 is 2.32 bits per heavy atom. The van der Waals surface area contributed by atoms with Crippen LogP contribution in [0.4, 0.5) is 0 Å². The maximum Gasteiger partial charge on any atom is 0.252 e. The zero-order chi connectivity index (χ0) is 14.3. The summed E-state index contributed by atoms with van der Waals surface area (Å²) in [6.07, 6.45) is 2.49. The predicted molar refractivity (Wildman–Crippen MR) is 82.8 cm³/mol. The Balaban J connectivity index is 2.57. The molecule has 1 aromatic rings. The van der Waals surface area contributed by atoms with Crippen molar-refractivity contribution in [3.63, 3.8) is 0 Å². The molecule has 1 rings (SSSR count). The smallest absolute Gasteiger partial charge is 0.252 e. The lowest BCUT2D eigenvalue weighted by Crippen LogP contribution is -2.35. The van der Waals surface area contributed by atoms with E-state index in [2.05, 4.69) is 31.0 Å². The van der Waals surface area contributed by atoms with Crippen molar-refractivity contribution in [2.45, 2.75) is 25.0 Å². The van der Waals surface area contributed by atoms with Gasteiger partial charge in [-0.25, -0.2) is 0 Å². The van der Waals surface area contributed by atoms with E-state index in [0.717, 1.165) is 4.88 Å². The quantitative estimate of drug-likeness (QED) is 0.820. The Morgan fingerprint density at radius 3 is 2.95 bits per heavy atom. The van der Waals surface area contributed by atoms with Crippen molar-refractivity contribution in [2.75, 3.05) is 19.4 Å². The van der Waals surface area contributed by atoms with Gasteiger partial charge >= 0.3 is 0 Å². The van der Waals surface area contributed by atoms with Crippen molar-refractivity contribution in [3.8, 4) is 11.8 Å². The van der Waals surface area contributed by atoms with Gasteiger partial charge in [0.05, 0.1) is 17.0 Å². The van der Waals surface area contributed by atoms with Crippen LogP contribution >= 0.6 is 23.1 Å². The molecule has 0 atom stereocenters. The molecule has 0 saturated carbocycles. The van der Waals surface area contributed by atoms with Crippen molar-refractivity contribution in [3.05, 3.63) is 21.9 Å². The second-order valence-electron chi connectivity index (χ2n) is 4.62. The SMILES string of the molecule is CSC(C)(C)CNC(=O)c1csc(C#CCCO)c1. The normalized spacial score (nSPS) is 10.7. The minimum atomic E-state index is -0.0615. The van der Waals surface area contributed by atoms with Gasteiger partial charge in [-0.3, -0.25) is 4.79 Å². The summed E-state index contributed by atoms with van der Waals surface area (Å²) in [6, 6.07) is 1.79. The topological polar surface area (TPSA) is 49.3 Å². The lowest BCUT2D eigenvalue weighted by Gasteiger charge is -2.21. The van der Waals surface area contributed by atoms with Gasteiger partial charge in [0, 0.05) is 23.1 Å². The summed E-state index contributed by atoms with van der Waals surface area (Å²) in [5.74, 6) is 5.71. The van der Waals surface area contributed by atoms with Gasteiger partial charge in [0.1, 0.15) is 0 Å². The van der Waals surface area contributed by atoms with E-state index in [1.165, 1.54) is 11.3 Å². The molecule has 0 bridgehead atoms. The maximum atomic E-state index is 11.9. The van der Waals surface area contributed by atoms with E-state index in [4.69, 9.17) is 5.11 Å². The van der Waals surface area contributed by atoms with Gasteiger partial charge in [-0.2, -0.15) is 11.8 Å². The number of aliphatic hydroxyl groups excluding tert-OH is 1. The summed E-state index contributed by atoms with van der Waals surface area (Å²) >= 11 is 3.17. The van der Waals surface area contributed by atoms with E-state index in [9.17, 15) is 4.79 Å². The fourth-order valence-electron chi connectivity index (χ4n) is 1.19. The number of rotatable bonds is 5. The Hall–Kier alpha value is -0.960. The minimum Gasteiger partial charge on any atom is -0.395 e. The lowest BCUT2D eigenvalue weighted by molar-refractivity contribution is 0.0951. The van der Waals surface area contributed by atoms with Crippen LogP contribution in [0.5, 0.6) is 0 Å². The summed E-state index contributed by atoms with van der Waals surface area (Å²) in [6.45, 7) is 4.89. The second-order valence-corrected chi connectivity index (χ2v) is 7.05. The van der Waals surface area contributed by atoms with Gasteiger partial charge in [0.15, 0.2) is 0 Å². The molecule has 19 heavy (non-hydrogen) atoms. The highest BCUT2D eigenvalue weighted by atomic mass is 32.2. The highest BCUT2D eigenvalue weighted by Crippen LogP contribution is 2.20. The standard InChI is InChI=1S/C14H19NO2S2/c1-14(2,18-3)10-15-13(17)11-8-12(19-9-11)6-4-5-7-16/h8-9,16H,5,7,10H2,1-3H3,(H,15,17). The first kappa shape index (κ1) is 16.1. The summed E-state index contributed by atoms with van der Waals surface area (Å²) in [7, 11) is 0. The van der Waals surface area contributed by atoms with Gasteiger partial charge in [-0.05, 0) is 26.2 Å². The van der Waals surface area contributed by atoms with Gasteiger partial charge in [-0.1, -0.05) is 11.8 Å². The van der Waals surface area contributed by atoms with Crippen LogP contribution in [-0.4, -0.2) is 35.2 Å². The molecule has 1 amide bonds. The van der Waals surface area contributed by atoms with Gasteiger partial charge in [0.2, 0.25) is 0 Å². The highest BCUT2D eigenvalue weighted by Gasteiger charge is 2.17. The summed E-state index contributed by atoms with van der Waals surface area (Å²) in [5.41, 5.74) is 0.648. The number of carbonyl (C=O) groups excluding carboxylic acids is 1. The largest absolute Gasteiger partial charge is 0.395 e.